The third kappa shape index (κ3) is 4.41. The quantitative estimate of drug-likeness (QED) is 0.453. The molecule has 0 bridgehead atoms. The van der Waals surface area contributed by atoms with Crippen LogP contribution < -0.4 is 4.74 Å². The zero-order valence-corrected chi connectivity index (χ0v) is 12.6. The van der Waals surface area contributed by atoms with Crippen molar-refractivity contribution in [2.45, 2.75) is 6.18 Å². The van der Waals surface area contributed by atoms with Gasteiger partial charge in [0.15, 0.2) is 0 Å². The monoisotopic (exact) mass is 359 g/mol. The Balaban J connectivity index is 2.33. The molecule has 1 aromatic rings. The number of hydrogen-bond acceptors (Lipinski definition) is 3. The summed E-state index contributed by atoms with van der Waals surface area (Å²) < 4.78 is 63.0. The van der Waals surface area contributed by atoms with Gasteiger partial charge in [0.1, 0.15) is 5.75 Å². The molecule has 1 heterocycles. The summed E-state index contributed by atoms with van der Waals surface area (Å²) in [7, 11) is 0. The van der Waals surface area contributed by atoms with E-state index in [-0.39, 0.29) is 42.1 Å². The molecule has 0 aliphatic carbocycles. The largest absolute Gasteiger partial charge is 0.454 e. The molecule has 3 nitrogen and oxygen atoms in total. The Morgan fingerprint density at radius 2 is 1.64 bits per heavy atom. The highest BCUT2D eigenvalue weighted by Crippen LogP contribution is 2.34. The Morgan fingerprint density at radius 1 is 1.09 bits per heavy atom. The van der Waals surface area contributed by atoms with Gasteiger partial charge >= 0.3 is 6.18 Å². The van der Waals surface area contributed by atoms with E-state index in [2.05, 4.69) is 4.74 Å². The van der Waals surface area contributed by atoms with Crippen molar-refractivity contribution in [2.24, 2.45) is 0 Å². The van der Waals surface area contributed by atoms with Crippen molar-refractivity contribution < 1.29 is 27.0 Å². The predicted molar refractivity (Wildman–Crippen MR) is 73.7 cm³/mol. The summed E-state index contributed by atoms with van der Waals surface area (Å²) in [6, 6.07) is 3.56. The minimum Gasteiger partial charge on any atom is -0.448 e. The minimum atomic E-state index is -5.00. The number of nitrogens with zero attached hydrogens (tertiary/aromatic N) is 1. The molecule has 122 valence electrons. The van der Waals surface area contributed by atoms with E-state index in [1.165, 1.54) is 6.07 Å². The van der Waals surface area contributed by atoms with Crippen molar-refractivity contribution in [1.82, 2.24) is 4.90 Å². The SMILES string of the molecule is F/C(=C(\Oc1cc(Cl)cc(Cl)c1)C(F)(F)F)N1CCOCC1. The lowest BCUT2D eigenvalue weighted by Gasteiger charge is -2.28. The van der Waals surface area contributed by atoms with Gasteiger partial charge in [-0.3, -0.25) is 0 Å². The number of morpholine rings is 1. The standard InChI is InChI=1S/C13H11Cl2F4NO2/c14-8-5-9(15)7-10(6-8)22-11(13(17,18)19)12(16)20-1-3-21-4-2-20/h5-7H,1-4H2/b12-11+. The molecule has 1 aliphatic rings. The Labute approximate surface area is 134 Å². The number of halogens is 6. The van der Waals surface area contributed by atoms with Crippen LogP contribution in [-0.2, 0) is 4.74 Å². The first-order valence-corrected chi connectivity index (χ1v) is 6.96. The third-order valence-electron chi connectivity index (χ3n) is 2.79. The van der Waals surface area contributed by atoms with Crippen LogP contribution in [0.5, 0.6) is 5.75 Å². The molecule has 2 rings (SSSR count). The van der Waals surface area contributed by atoms with Crippen LogP contribution in [0.25, 0.3) is 0 Å². The molecule has 0 N–H and O–H groups in total. The molecule has 0 saturated carbocycles. The first kappa shape index (κ1) is 17.2. The van der Waals surface area contributed by atoms with Gasteiger partial charge in [0.25, 0.3) is 5.76 Å². The van der Waals surface area contributed by atoms with Crippen LogP contribution in [0.15, 0.2) is 29.9 Å². The van der Waals surface area contributed by atoms with E-state index >= 15 is 0 Å². The summed E-state index contributed by atoms with van der Waals surface area (Å²) in [5.74, 6) is -3.53. The zero-order valence-electron chi connectivity index (χ0n) is 11.1. The topological polar surface area (TPSA) is 21.7 Å². The van der Waals surface area contributed by atoms with Crippen LogP contribution in [-0.4, -0.2) is 37.4 Å². The van der Waals surface area contributed by atoms with Gasteiger partial charge in [-0.2, -0.15) is 17.6 Å². The molecule has 0 spiro atoms. The smallest absolute Gasteiger partial charge is 0.448 e. The van der Waals surface area contributed by atoms with Crippen LogP contribution in [0.4, 0.5) is 17.6 Å². The highest BCUT2D eigenvalue weighted by molar-refractivity contribution is 6.34. The molecule has 1 saturated heterocycles. The van der Waals surface area contributed by atoms with Gasteiger partial charge in [-0.15, -0.1) is 0 Å². The lowest BCUT2D eigenvalue weighted by Crippen LogP contribution is -2.37. The van der Waals surface area contributed by atoms with Gasteiger partial charge < -0.3 is 14.4 Å². The summed E-state index contributed by atoms with van der Waals surface area (Å²) in [4.78, 5) is 0.915. The second-order valence-electron chi connectivity index (χ2n) is 4.42. The molecule has 0 amide bonds. The molecular formula is C13H11Cl2F4NO2. The van der Waals surface area contributed by atoms with Gasteiger partial charge in [0.2, 0.25) is 5.95 Å². The van der Waals surface area contributed by atoms with Crippen molar-refractivity contribution in [2.75, 3.05) is 26.3 Å². The average molecular weight is 360 g/mol. The van der Waals surface area contributed by atoms with Crippen molar-refractivity contribution >= 4 is 23.2 Å². The number of alkyl halides is 3. The Kier molecular flexibility index (Phi) is 5.41. The third-order valence-corrected chi connectivity index (χ3v) is 3.23. The molecular weight excluding hydrogens is 349 g/mol. The molecule has 1 aliphatic heterocycles. The first-order chi connectivity index (χ1) is 10.3. The van der Waals surface area contributed by atoms with Gasteiger partial charge in [-0.1, -0.05) is 23.2 Å². The number of rotatable bonds is 3. The van der Waals surface area contributed by atoms with Crippen LogP contribution in [0.2, 0.25) is 10.0 Å². The summed E-state index contributed by atoms with van der Waals surface area (Å²) in [5.41, 5.74) is 0. The van der Waals surface area contributed by atoms with E-state index in [0.717, 1.165) is 17.0 Å². The van der Waals surface area contributed by atoms with Crippen molar-refractivity contribution in [3.63, 3.8) is 0 Å². The molecule has 0 unspecified atom stereocenters. The van der Waals surface area contributed by atoms with Gasteiger partial charge in [0, 0.05) is 23.1 Å². The van der Waals surface area contributed by atoms with E-state index in [4.69, 9.17) is 27.9 Å². The molecule has 0 atom stereocenters. The molecule has 1 aromatic carbocycles. The van der Waals surface area contributed by atoms with Crippen molar-refractivity contribution in [3.05, 3.63) is 40.0 Å². The number of ether oxygens (including phenoxy) is 2. The van der Waals surface area contributed by atoms with E-state index in [0.29, 0.717) is 0 Å². The molecule has 0 aromatic heterocycles. The van der Waals surface area contributed by atoms with Crippen LogP contribution in [0, 0.1) is 0 Å². The second kappa shape index (κ2) is 6.93. The van der Waals surface area contributed by atoms with Crippen LogP contribution >= 0.6 is 23.2 Å². The molecule has 22 heavy (non-hydrogen) atoms. The maximum Gasteiger partial charge on any atom is 0.454 e. The second-order valence-corrected chi connectivity index (χ2v) is 5.30. The van der Waals surface area contributed by atoms with E-state index < -0.39 is 17.9 Å². The maximum atomic E-state index is 14.2. The number of benzene rings is 1. The number of allylic oxidation sites excluding steroid dienone is 1. The number of hydrogen-bond donors (Lipinski definition) is 0. The lowest BCUT2D eigenvalue weighted by atomic mass is 10.3. The van der Waals surface area contributed by atoms with E-state index in [1.54, 1.807) is 0 Å². The molecule has 1 fully saturated rings. The fourth-order valence-electron chi connectivity index (χ4n) is 1.83. The maximum absolute atomic E-state index is 14.2. The first-order valence-electron chi connectivity index (χ1n) is 6.21. The summed E-state index contributed by atoms with van der Waals surface area (Å²) in [6.07, 6.45) is -5.00. The normalized spacial score (nSPS) is 17.3. The summed E-state index contributed by atoms with van der Waals surface area (Å²) >= 11 is 11.4. The summed E-state index contributed by atoms with van der Waals surface area (Å²) in [5, 5.41) is 0.159. The fourth-order valence-corrected chi connectivity index (χ4v) is 2.33. The fraction of sp³-hybridized carbons (Fsp3) is 0.385. The van der Waals surface area contributed by atoms with Gasteiger partial charge in [-0.25, -0.2) is 0 Å². The Morgan fingerprint density at radius 3 is 2.14 bits per heavy atom. The highest BCUT2D eigenvalue weighted by atomic mass is 35.5. The Hall–Kier alpha value is -1.18. The minimum absolute atomic E-state index is 0.00504. The van der Waals surface area contributed by atoms with E-state index in [9.17, 15) is 17.6 Å². The zero-order chi connectivity index (χ0) is 16.3. The lowest BCUT2D eigenvalue weighted by molar-refractivity contribution is -0.122. The molecule has 0 radical (unpaired) electrons. The van der Waals surface area contributed by atoms with Gasteiger partial charge in [-0.05, 0) is 18.2 Å². The van der Waals surface area contributed by atoms with E-state index in [1.807, 2.05) is 0 Å². The average Bonchev–Trinajstić information content (AvgIpc) is 2.43. The van der Waals surface area contributed by atoms with Crippen molar-refractivity contribution in [1.29, 1.82) is 0 Å². The van der Waals surface area contributed by atoms with Gasteiger partial charge in [0.05, 0.1) is 13.2 Å². The van der Waals surface area contributed by atoms with Crippen LogP contribution in [0.1, 0.15) is 0 Å². The van der Waals surface area contributed by atoms with Crippen molar-refractivity contribution in [3.8, 4) is 5.75 Å². The van der Waals surface area contributed by atoms with Crippen LogP contribution in [0.3, 0.4) is 0 Å². The predicted octanol–water partition coefficient (Wildman–Crippen LogP) is 4.41. The Bertz CT molecular complexity index is 551. The highest BCUT2D eigenvalue weighted by Gasteiger charge is 2.42. The molecule has 9 heteroatoms. The summed E-state index contributed by atoms with van der Waals surface area (Å²) in [6.45, 7) is 0.291.